The number of fused-ring (bicyclic) bond motifs is 6. The SMILES string of the molecule is [Hf][CH](CCc1cccc2c1Cc1ccccc1-2)c1cccc2c1Cc1ccccc1-2. The van der Waals surface area contributed by atoms with Gasteiger partial charge in [0.2, 0.25) is 0 Å². The predicted molar refractivity (Wildman–Crippen MR) is 120 cm³/mol. The first-order chi connectivity index (χ1) is 14.8. The molecule has 6 rings (SSSR count). The average Bonchev–Trinajstić information content (AvgIpc) is 3.36. The number of benzene rings is 4. The molecule has 0 heterocycles. The van der Waals surface area contributed by atoms with Crippen molar-refractivity contribution in [2.45, 2.75) is 29.4 Å². The molecule has 1 heteroatoms. The molecule has 0 radical (unpaired) electrons. The van der Waals surface area contributed by atoms with Gasteiger partial charge >= 0.3 is 194 Å². The van der Waals surface area contributed by atoms with Gasteiger partial charge in [-0.2, -0.15) is 0 Å². The molecule has 0 aromatic heterocycles. The molecular formula is C29H23Hf. The molecule has 2 aliphatic carbocycles. The predicted octanol–water partition coefficient (Wildman–Crippen LogP) is 7.05. The first kappa shape index (κ1) is 18.5. The second-order valence-electron chi connectivity index (χ2n) is 8.58. The summed E-state index contributed by atoms with van der Waals surface area (Å²) in [5.74, 6) is 0. The number of hydrogen-bond donors (Lipinski definition) is 0. The summed E-state index contributed by atoms with van der Waals surface area (Å²) in [5, 5.41) is 0. The van der Waals surface area contributed by atoms with Gasteiger partial charge in [0.1, 0.15) is 0 Å². The molecule has 4 aromatic carbocycles. The van der Waals surface area contributed by atoms with E-state index in [2.05, 4.69) is 84.9 Å². The van der Waals surface area contributed by atoms with Crippen LogP contribution < -0.4 is 0 Å². The third-order valence-electron chi connectivity index (χ3n) is 6.91. The Morgan fingerprint density at radius 2 is 1.17 bits per heavy atom. The Morgan fingerprint density at radius 1 is 0.600 bits per heavy atom. The Hall–Kier alpha value is -2.25. The fourth-order valence-corrected chi connectivity index (χ4v) is 6.91. The fraction of sp³-hybridized carbons (Fsp3) is 0.172. The van der Waals surface area contributed by atoms with Gasteiger partial charge in [0.25, 0.3) is 0 Å². The Labute approximate surface area is 193 Å². The van der Waals surface area contributed by atoms with Crippen LogP contribution in [0.2, 0.25) is 0 Å². The van der Waals surface area contributed by atoms with Crippen molar-refractivity contribution in [3.63, 3.8) is 0 Å². The van der Waals surface area contributed by atoms with Crippen LogP contribution in [0.1, 0.15) is 43.5 Å². The fourth-order valence-electron chi connectivity index (χ4n) is 5.42. The molecule has 0 amide bonds. The monoisotopic (exact) mass is 551 g/mol. The van der Waals surface area contributed by atoms with Crippen LogP contribution in [0.5, 0.6) is 0 Å². The van der Waals surface area contributed by atoms with Gasteiger partial charge in [0.15, 0.2) is 0 Å². The summed E-state index contributed by atoms with van der Waals surface area (Å²) >= 11 is 1.20. The van der Waals surface area contributed by atoms with E-state index in [1.54, 1.807) is 22.3 Å². The standard InChI is InChI=1S/C29H23.Hf/c1-3-14-24-22(8-1)18-28-20(12-6-16-26(24)28)10-5-11-21-13-7-17-27-25-15-4-2-9-23(25)19-29(21)27;/h1-4,6-10,12-17H,5,11,18-19H2;. The molecule has 0 bridgehead atoms. The normalized spacial score (nSPS) is 14.0. The van der Waals surface area contributed by atoms with E-state index in [1.807, 2.05) is 0 Å². The third-order valence-corrected chi connectivity index (χ3v) is 9.07. The summed E-state index contributed by atoms with van der Waals surface area (Å²) < 4.78 is 0.703. The van der Waals surface area contributed by atoms with Crippen molar-refractivity contribution in [2.75, 3.05) is 0 Å². The zero-order valence-corrected chi connectivity index (χ0v) is 20.6. The van der Waals surface area contributed by atoms with Gasteiger partial charge in [-0.15, -0.1) is 0 Å². The van der Waals surface area contributed by atoms with Crippen molar-refractivity contribution >= 4 is 0 Å². The number of rotatable bonds is 4. The minimum absolute atomic E-state index is 0.703. The quantitative estimate of drug-likeness (QED) is 0.207. The van der Waals surface area contributed by atoms with E-state index in [4.69, 9.17) is 0 Å². The Morgan fingerprint density at radius 3 is 1.90 bits per heavy atom. The molecule has 0 saturated heterocycles. The van der Waals surface area contributed by atoms with Crippen LogP contribution in [0, 0.1) is 0 Å². The average molecular weight is 550 g/mol. The molecule has 30 heavy (non-hydrogen) atoms. The van der Waals surface area contributed by atoms with E-state index < -0.39 is 0 Å². The van der Waals surface area contributed by atoms with E-state index in [1.165, 1.54) is 70.6 Å². The van der Waals surface area contributed by atoms with E-state index in [9.17, 15) is 0 Å². The van der Waals surface area contributed by atoms with Gasteiger partial charge in [0, 0.05) is 0 Å². The van der Waals surface area contributed by atoms with Gasteiger partial charge in [0.05, 0.1) is 0 Å². The molecule has 0 N–H and O–H groups in total. The second kappa shape index (κ2) is 7.46. The maximum absolute atomic E-state index is 2.40. The molecule has 1 unspecified atom stereocenters. The van der Waals surface area contributed by atoms with Crippen LogP contribution in [0.4, 0.5) is 0 Å². The van der Waals surface area contributed by atoms with Crippen molar-refractivity contribution in [2.24, 2.45) is 0 Å². The van der Waals surface area contributed by atoms with E-state index in [0.29, 0.717) is 3.67 Å². The van der Waals surface area contributed by atoms with Crippen LogP contribution in [0.3, 0.4) is 0 Å². The Bertz CT molecular complexity index is 1270. The van der Waals surface area contributed by atoms with Crippen molar-refractivity contribution < 1.29 is 24.4 Å². The third kappa shape index (κ3) is 2.98. The van der Waals surface area contributed by atoms with E-state index in [-0.39, 0.29) is 0 Å². The van der Waals surface area contributed by atoms with Gasteiger partial charge < -0.3 is 0 Å². The second-order valence-corrected chi connectivity index (χ2v) is 11.1. The molecule has 0 spiro atoms. The van der Waals surface area contributed by atoms with Gasteiger partial charge in [-0.1, -0.05) is 0 Å². The van der Waals surface area contributed by atoms with Crippen LogP contribution in [-0.4, -0.2) is 0 Å². The van der Waals surface area contributed by atoms with Crippen LogP contribution >= 0.6 is 0 Å². The molecule has 0 aliphatic heterocycles. The van der Waals surface area contributed by atoms with Crippen molar-refractivity contribution in [1.82, 2.24) is 0 Å². The van der Waals surface area contributed by atoms with Gasteiger partial charge in [-0.3, -0.25) is 0 Å². The molecule has 0 nitrogen and oxygen atoms in total. The number of hydrogen-bond acceptors (Lipinski definition) is 0. The molecule has 2 aliphatic rings. The zero-order chi connectivity index (χ0) is 20.1. The van der Waals surface area contributed by atoms with Crippen molar-refractivity contribution in [1.29, 1.82) is 0 Å². The zero-order valence-electron chi connectivity index (χ0n) is 17.0. The number of aryl methyl sites for hydroxylation is 1. The van der Waals surface area contributed by atoms with Crippen molar-refractivity contribution in [3.05, 3.63) is 118 Å². The molecular weight excluding hydrogens is 527 g/mol. The van der Waals surface area contributed by atoms with Gasteiger partial charge in [-0.25, -0.2) is 0 Å². The summed E-state index contributed by atoms with van der Waals surface area (Å²) in [7, 11) is 0. The summed E-state index contributed by atoms with van der Waals surface area (Å²) in [6.07, 6.45) is 4.65. The summed E-state index contributed by atoms with van der Waals surface area (Å²) in [6, 6.07) is 31.8. The van der Waals surface area contributed by atoms with Crippen LogP contribution in [0.15, 0.2) is 84.9 Å². The van der Waals surface area contributed by atoms with Crippen LogP contribution in [-0.2, 0) is 43.6 Å². The van der Waals surface area contributed by atoms with E-state index in [0.717, 1.165) is 12.8 Å². The molecule has 0 fully saturated rings. The first-order valence-corrected chi connectivity index (χ1v) is 13.0. The van der Waals surface area contributed by atoms with Gasteiger partial charge in [-0.05, 0) is 0 Å². The Balaban J connectivity index is 1.26. The molecule has 143 valence electrons. The first-order valence-electron chi connectivity index (χ1n) is 10.9. The van der Waals surface area contributed by atoms with E-state index >= 15 is 0 Å². The topological polar surface area (TPSA) is 0 Å². The summed E-state index contributed by atoms with van der Waals surface area (Å²) in [5.41, 5.74) is 15.1. The van der Waals surface area contributed by atoms with Crippen LogP contribution in [0.25, 0.3) is 22.3 Å². The van der Waals surface area contributed by atoms with Crippen molar-refractivity contribution in [3.8, 4) is 22.3 Å². The molecule has 0 saturated carbocycles. The summed E-state index contributed by atoms with van der Waals surface area (Å²) in [6.45, 7) is 0. The summed E-state index contributed by atoms with van der Waals surface area (Å²) in [4.78, 5) is 0. The Kier molecular flexibility index (Phi) is 4.61. The molecule has 4 aromatic rings. The maximum atomic E-state index is 2.40. The minimum atomic E-state index is 0.703. The molecule has 1 atom stereocenters.